The third-order valence-corrected chi connectivity index (χ3v) is 5.64. The Kier molecular flexibility index (Phi) is 5.56. The smallest absolute Gasteiger partial charge is 0.243 e. The van der Waals surface area contributed by atoms with E-state index in [1.807, 2.05) is 24.2 Å². The molecule has 2 aliphatic rings. The molecule has 1 spiro atoms. The zero-order valence-corrected chi connectivity index (χ0v) is 15.0. The molecule has 0 aromatic carbocycles. The van der Waals surface area contributed by atoms with Gasteiger partial charge < -0.3 is 14.2 Å². The number of hydrogen-bond donors (Lipinski definition) is 0. The maximum absolute atomic E-state index is 13.1. The molecule has 1 unspecified atom stereocenters. The zero-order valence-electron chi connectivity index (χ0n) is 15.0. The van der Waals surface area contributed by atoms with Gasteiger partial charge in [-0.3, -0.25) is 9.69 Å². The van der Waals surface area contributed by atoms with Crippen molar-refractivity contribution in [3.63, 3.8) is 0 Å². The SMILES string of the molecule is COCCN1CCCC2(CCCN2CCCn2ccnc2C)C1=O. The Labute approximate surface area is 144 Å². The highest BCUT2D eigenvalue weighted by Crippen LogP contribution is 2.38. The summed E-state index contributed by atoms with van der Waals surface area (Å²) >= 11 is 0. The lowest BCUT2D eigenvalue weighted by Crippen LogP contribution is -2.60. The van der Waals surface area contributed by atoms with Gasteiger partial charge in [0, 0.05) is 45.7 Å². The normalized spacial score (nSPS) is 25.1. The van der Waals surface area contributed by atoms with E-state index in [9.17, 15) is 4.79 Å². The molecule has 1 aromatic rings. The quantitative estimate of drug-likeness (QED) is 0.761. The fraction of sp³-hybridized carbons (Fsp3) is 0.778. The molecule has 0 radical (unpaired) electrons. The Morgan fingerprint density at radius 2 is 2.00 bits per heavy atom. The zero-order chi connectivity index (χ0) is 17.0. The van der Waals surface area contributed by atoms with Crippen LogP contribution in [0.25, 0.3) is 0 Å². The van der Waals surface area contributed by atoms with E-state index in [4.69, 9.17) is 4.74 Å². The molecule has 1 atom stereocenters. The van der Waals surface area contributed by atoms with Gasteiger partial charge in [0.1, 0.15) is 11.4 Å². The summed E-state index contributed by atoms with van der Waals surface area (Å²) in [6, 6.07) is 0. The van der Waals surface area contributed by atoms with Gasteiger partial charge in [-0.25, -0.2) is 4.98 Å². The van der Waals surface area contributed by atoms with Crippen LogP contribution >= 0.6 is 0 Å². The summed E-state index contributed by atoms with van der Waals surface area (Å²) in [7, 11) is 1.70. The topological polar surface area (TPSA) is 50.6 Å². The summed E-state index contributed by atoms with van der Waals surface area (Å²) in [5.74, 6) is 1.40. The standard InChI is InChI=1S/C18H30N4O2/c1-16-19-8-13-20(16)10-5-12-22-11-4-7-18(22)6-3-9-21(17(18)23)14-15-24-2/h8,13H,3-7,9-12,14-15H2,1-2H3. The van der Waals surface area contributed by atoms with Crippen molar-refractivity contribution >= 4 is 5.91 Å². The number of amides is 1. The van der Waals surface area contributed by atoms with E-state index in [1.165, 1.54) is 0 Å². The van der Waals surface area contributed by atoms with Crippen molar-refractivity contribution in [2.24, 2.45) is 0 Å². The van der Waals surface area contributed by atoms with Crippen LogP contribution in [0.4, 0.5) is 0 Å². The number of imidazole rings is 1. The lowest BCUT2D eigenvalue weighted by Gasteiger charge is -2.44. The summed E-state index contributed by atoms with van der Waals surface area (Å²) in [5, 5.41) is 0. The molecule has 2 saturated heterocycles. The van der Waals surface area contributed by atoms with E-state index in [0.717, 1.165) is 70.7 Å². The van der Waals surface area contributed by atoms with Crippen molar-refractivity contribution in [2.45, 2.75) is 51.1 Å². The fourth-order valence-corrected chi connectivity index (χ4v) is 4.34. The van der Waals surface area contributed by atoms with Crippen molar-refractivity contribution in [3.05, 3.63) is 18.2 Å². The van der Waals surface area contributed by atoms with E-state index >= 15 is 0 Å². The average Bonchev–Trinajstić information content (AvgIpc) is 3.17. The first-order chi connectivity index (χ1) is 11.7. The molecule has 134 valence electrons. The molecule has 1 amide bonds. The molecule has 0 saturated carbocycles. The molecule has 0 aliphatic carbocycles. The Morgan fingerprint density at radius 1 is 1.21 bits per heavy atom. The van der Waals surface area contributed by atoms with Crippen molar-refractivity contribution in [2.75, 3.05) is 39.9 Å². The van der Waals surface area contributed by atoms with Crippen molar-refractivity contribution in [1.29, 1.82) is 0 Å². The number of methoxy groups -OCH3 is 1. The maximum Gasteiger partial charge on any atom is 0.243 e. The highest BCUT2D eigenvalue weighted by atomic mass is 16.5. The first-order valence-electron chi connectivity index (χ1n) is 9.18. The van der Waals surface area contributed by atoms with E-state index in [0.29, 0.717) is 12.5 Å². The maximum atomic E-state index is 13.1. The Morgan fingerprint density at radius 3 is 2.71 bits per heavy atom. The number of carbonyl (C=O) groups is 1. The Hall–Kier alpha value is -1.40. The highest BCUT2D eigenvalue weighted by molar-refractivity contribution is 5.87. The molecule has 0 bridgehead atoms. The fourth-order valence-electron chi connectivity index (χ4n) is 4.34. The van der Waals surface area contributed by atoms with E-state index in [-0.39, 0.29) is 5.54 Å². The number of aromatic nitrogens is 2. The minimum Gasteiger partial charge on any atom is -0.383 e. The Bertz CT molecular complexity index is 559. The van der Waals surface area contributed by atoms with E-state index in [1.54, 1.807) is 7.11 Å². The molecule has 2 aliphatic heterocycles. The van der Waals surface area contributed by atoms with Gasteiger partial charge >= 0.3 is 0 Å². The van der Waals surface area contributed by atoms with E-state index < -0.39 is 0 Å². The molecule has 1 aromatic heterocycles. The predicted molar refractivity (Wildman–Crippen MR) is 92.8 cm³/mol. The van der Waals surface area contributed by atoms with Gasteiger partial charge in [0.15, 0.2) is 0 Å². The van der Waals surface area contributed by atoms with Gasteiger partial charge in [-0.1, -0.05) is 0 Å². The molecular formula is C18H30N4O2. The minimum atomic E-state index is -0.240. The summed E-state index contributed by atoms with van der Waals surface area (Å²) in [6.45, 7) is 7.27. The van der Waals surface area contributed by atoms with Crippen LogP contribution in [-0.2, 0) is 16.1 Å². The van der Waals surface area contributed by atoms with Crippen molar-refractivity contribution in [3.8, 4) is 0 Å². The van der Waals surface area contributed by atoms with Crippen LogP contribution in [0.2, 0.25) is 0 Å². The summed E-state index contributed by atoms with van der Waals surface area (Å²) in [5.41, 5.74) is -0.240. The van der Waals surface area contributed by atoms with E-state index in [2.05, 4.69) is 14.5 Å². The van der Waals surface area contributed by atoms with Gasteiger partial charge in [-0.2, -0.15) is 0 Å². The van der Waals surface area contributed by atoms with Crippen LogP contribution in [0.15, 0.2) is 12.4 Å². The lowest BCUT2D eigenvalue weighted by molar-refractivity contribution is -0.148. The number of ether oxygens (including phenoxy) is 1. The molecule has 24 heavy (non-hydrogen) atoms. The monoisotopic (exact) mass is 334 g/mol. The Balaban J connectivity index is 1.60. The lowest BCUT2D eigenvalue weighted by atomic mass is 9.85. The first-order valence-corrected chi connectivity index (χ1v) is 9.18. The number of hydrogen-bond acceptors (Lipinski definition) is 4. The molecule has 3 heterocycles. The minimum absolute atomic E-state index is 0.240. The molecule has 2 fully saturated rings. The van der Waals surface area contributed by atoms with Crippen LogP contribution in [-0.4, -0.2) is 70.7 Å². The summed E-state index contributed by atoms with van der Waals surface area (Å²) < 4.78 is 7.36. The first kappa shape index (κ1) is 17.4. The number of likely N-dealkylation sites (tertiary alicyclic amines) is 2. The third-order valence-electron chi connectivity index (χ3n) is 5.64. The number of nitrogens with zero attached hydrogens (tertiary/aromatic N) is 4. The van der Waals surface area contributed by atoms with Gasteiger partial charge in [-0.05, 0) is 45.6 Å². The average molecular weight is 334 g/mol. The molecule has 6 heteroatoms. The van der Waals surface area contributed by atoms with Crippen LogP contribution in [0.1, 0.15) is 37.9 Å². The molecule has 3 rings (SSSR count). The second-order valence-electron chi connectivity index (χ2n) is 7.03. The number of aryl methyl sites for hydroxylation is 2. The van der Waals surface area contributed by atoms with Crippen LogP contribution in [0, 0.1) is 6.92 Å². The van der Waals surface area contributed by atoms with Gasteiger partial charge in [0.25, 0.3) is 0 Å². The van der Waals surface area contributed by atoms with Crippen LogP contribution in [0.5, 0.6) is 0 Å². The molecule has 0 N–H and O–H groups in total. The number of carbonyl (C=O) groups excluding carboxylic acids is 1. The van der Waals surface area contributed by atoms with Crippen molar-refractivity contribution in [1.82, 2.24) is 19.4 Å². The second-order valence-corrected chi connectivity index (χ2v) is 7.03. The second kappa shape index (κ2) is 7.66. The predicted octanol–water partition coefficient (Wildman–Crippen LogP) is 1.69. The highest BCUT2D eigenvalue weighted by Gasteiger charge is 2.50. The number of piperidine rings is 1. The van der Waals surface area contributed by atoms with Crippen LogP contribution < -0.4 is 0 Å². The van der Waals surface area contributed by atoms with Crippen molar-refractivity contribution < 1.29 is 9.53 Å². The van der Waals surface area contributed by atoms with Crippen LogP contribution in [0.3, 0.4) is 0 Å². The molecular weight excluding hydrogens is 304 g/mol. The number of rotatable bonds is 7. The van der Waals surface area contributed by atoms with Gasteiger partial charge in [0.05, 0.1) is 6.61 Å². The van der Waals surface area contributed by atoms with Gasteiger partial charge in [-0.15, -0.1) is 0 Å². The molecule has 6 nitrogen and oxygen atoms in total. The largest absolute Gasteiger partial charge is 0.383 e. The summed E-state index contributed by atoms with van der Waals surface area (Å²) in [6.07, 6.45) is 9.21. The summed E-state index contributed by atoms with van der Waals surface area (Å²) in [4.78, 5) is 21.9. The third kappa shape index (κ3) is 3.35. The van der Waals surface area contributed by atoms with Gasteiger partial charge in [0.2, 0.25) is 5.91 Å².